The predicted octanol–water partition coefficient (Wildman–Crippen LogP) is 2.63. The van der Waals surface area contributed by atoms with Crippen LogP contribution in [-0.2, 0) is 6.54 Å². The maximum atomic E-state index is 8.79. The van der Waals surface area contributed by atoms with Gasteiger partial charge in [0.05, 0.1) is 11.6 Å². The summed E-state index contributed by atoms with van der Waals surface area (Å²) in [7, 11) is 2.05. The Bertz CT molecular complexity index is 449. The van der Waals surface area contributed by atoms with Crippen molar-refractivity contribution in [2.45, 2.75) is 20.4 Å². The quantitative estimate of drug-likeness (QED) is 0.890. The number of benzene rings is 1. The summed E-state index contributed by atoms with van der Waals surface area (Å²) in [6.45, 7) is 6.60. The Morgan fingerprint density at radius 3 is 2.61 bits per heavy atom. The van der Waals surface area contributed by atoms with Gasteiger partial charge in [-0.05, 0) is 36.7 Å². The van der Waals surface area contributed by atoms with Crippen molar-refractivity contribution in [1.82, 2.24) is 4.90 Å². The number of rotatable bonds is 5. The van der Waals surface area contributed by atoms with Crippen LogP contribution in [0.1, 0.15) is 25.0 Å². The zero-order valence-corrected chi connectivity index (χ0v) is 12.0. The monoisotopic (exact) mass is 265 g/mol. The van der Waals surface area contributed by atoms with Crippen molar-refractivity contribution in [3.63, 3.8) is 0 Å². The molecule has 0 aromatic heterocycles. The van der Waals surface area contributed by atoms with E-state index in [0.717, 1.165) is 18.7 Å². The van der Waals surface area contributed by atoms with E-state index in [1.165, 1.54) is 0 Å². The van der Waals surface area contributed by atoms with Crippen molar-refractivity contribution in [2.24, 2.45) is 11.1 Å². The van der Waals surface area contributed by atoms with E-state index in [-0.39, 0.29) is 5.41 Å². The SMILES string of the molecule is CN(Cc1ccc(C#N)cc1Cl)CC(C)(C)CN. The number of nitrogens with zero attached hydrogens (tertiary/aromatic N) is 2. The van der Waals surface area contributed by atoms with E-state index in [2.05, 4.69) is 24.8 Å². The molecule has 4 heteroatoms. The van der Waals surface area contributed by atoms with E-state index < -0.39 is 0 Å². The molecule has 2 N–H and O–H groups in total. The summed E-state index contributed by atoms with van der Waals surface area (Å²) in [4.78, 5) is 2.19. The number of hydrogen-bond donors (Lipinski definition) is 1. The number of nitriles is 1. The molecule has 0 heterocycles. The molecular weight excluding hydrogens is 246 g/mol. The molecule has 18 heavy (non-hydrogen) atoms. The number of hydrogen-bond acceptors (Lipinski definition) is 3. The summed E-state index contributed by atoms with van der Waals surface area (Å²) in [5, 5.41) is 9.43. The molecular formula is C14H20ClN3. The third-order valence-corrected chi connectivity index (χ3v) is 3.22. The molecule has 1 aromatic carbocycles. The zero-order valence-electron chi connectivity index (χ0n) is 11.2. The molecule has 0 saturated heterocycles. The molecule has 0 fully saturated rings. The van der Waals surface area contributed by atoms with Gasteiger partial charge in [0, 0.05) is 18.1 Å². The number of halogens is 1. The van der Waals surface area contributed by atoms with E-state index in [0.29, 0.717) is 17.1 Å². The molecule has 1 aromatic rings. The zero-order chi connectivity index (χ0) is 13.8. The van der Waals surface area contributed by atoms with Crippen molar-refractivity contribution < 1.29 is 0 Å². The average molecular weight is 266 g/mol. The molecule has 0 atom stereocenters. The molecule has 0 aliphatic carbocycles. The Labute approximate surface area is 114 Å². The lowest BCUT2D eigenvalue weighted by Crippen LogP contribution is -2.36. The first-order valence-electron chi connectivity index (χ1n) is 5.95. The molecule has 3 nitrogen and oxygen atoms in total. The van der Waals surface area contributed by atoms with E-state index in [1.54, 1.807) is 12.1 Å². The maximum Gasteiger partial charge on any atom is 0.0992 e. The fourth-order valence-corrected chi connectivity index (χ4v) is 2.13. The molecule has 0 aliphatic heterocycles. The standard InChI is InChI=1S/C14H20ClN3/c1-14(2,9-17)10-18(3)8-12-5-4-11(7-16)6-13(12)15/h4-6H,8-10,17H2,1-3H3. The summed E-state index contributed by atoms with van der Waals surface area (Å²) in [6.07, 6.45) is 0. The molecule has 0 unspecified atom stereocenters. The van der Waals surface area contributed by atoms with Gasteiger partial charge in [-0.15, -0.1) is 0 Å². The van der Waals surface area contributed by atoms with Gasteiger partial charge in [0.2, 0.25) is 0 Å². The van der Waals surface area contributed by atoms with Gasteiger partial charge in [0.1, 0.15) is 0 Å². The molecule has 0 spiro atoms. The third kappa shape index (κ3) is 4.30. The van der Waals surface area contributed by atoms with Crippen LogP contribution in [0.5, 0.6) is 0 Å². The maximum absolute atomic E-state index is 8.79. The number of nitrogens with two attached hydrogens (primary N) is 1. The van der Waals surface area contributed by atoms with Crippen LogP contribution in [0.15, 0.2) is 18.2 Å². The van der Waals surface area contributed by atoms with Crippen molar-refractivity contribution in [1.29, 1.82) is 5.26 Å². The lowest BCUT2D eigenvalue weighted by atomic mass is 9.93. The van der Waals surface area contributed by atoms with Gasteiger partial charge in [-0.25, -0.2) is 0 Å². The van der Waals surface area contributed by atoms with Crippen LogP contribution in [0.3, 0.4) is 0 Å². The summed E-state index contributed by atoms with van der Waals surface area (Å²) in [5.41, 5.74) is 7.44. The van der Waals surface area contributed by atoms with Gasteiger partial charge in [-0.2, -0.15) is 5.26 Å². The predicted molar refractivity (Wildman–Crippen MR) is 75.3 cm³/mol. The largest absolute Gasteiger partial charge is 0.330 e. The van der Waals surface area contributed by atoms with Crippen LogP contribution in [0.4, 0.5) is 0 Å². The Morgan fingerprint density at radius 2 is 2.11 bits per heavy atom. The van der Waals surface area contributed by atoms with Gasteiger partial charge < -0.3 is 10.6 Å². The van der Waals surface area contributed by atoms with Gasteiger partial charge in [-0.3, -0.25) is 0 Å². The van der Waals surface area contributed by atoms with Crippen LogP contribution in [0.25, 0.3) is 0 Å². The third-order valence-electron chi connectivity index (χ3n) is 2.87. The Balaban J connectivity index is 2.71. The molecule has 98 valence electrons. The Kier molecular flexibility index (Phi) is 5.15. The van der Waals surface area contributed by atoms with Gasteiger partial charge in [-0.1, -0.05) is 31.5 Å². The first-order chi connectivity index (χ1) is 8.38. The van der Waals surface area contributed by atoms with Crippen LogP contribution < -0.4 is 5.73 Å². The van der Waals surface area contributed by atoms with E-state index >= 15 is 0 Å². The van der Waals surface area contributed by atoms with E-state index in [1.807, 2.05) is 13.1 Å². The second kappa shape index (κ2) is 6.19. The van der Waals surface area contributed by atoms with Crippen molar-refractivity contribution in [3.05, 3.63) is 34.3 Å². The van der Waals surface area contributed by atoms with Gasteiger partial charge in [0.15, 0.2) is 0 Å². The van der Waals surface area contributed by atoms with Crippen molar-refractivity contribution in [2.75, 3.05) is 20.1 Å². The summed E-state index contributed by atoms with van der Waals surface area (Å²) in [5.74, 6) is 0. The molecule has 0 amide bonds. The van der Waals surface area contributed by atoms with Gasteiger partial charge >= 0.3 is 0 Å². The second-order valence-electron chi connectivity index (χ2n) is 5.46. The second-order valence-corrected chi connectivity index (χ2v) is 5.87. The first-order valence-corrected chi connectivity index (χ1v) is 6.33. The fraction of sp³-hybridized carbons (Fsp3) is 0.500. The molecule has 0 aliphatic rings. The summed E-state index contributed by atoms with van der Waals surface area (Å²) >= 11 is 6.15. The van der Waals surface area contributed by atoms with Crippen LogP contribution in [0.2, 0.25) is 5.02 Å². The van der Waals surface area contributed by atoms with Crippen LogP contribution in [-0.4, -0.2) is 25.0 Å². The first kappa shape index (κ1) is 15.0. The highest BCUT2D eigenvalue weighted by Crippen LogP contribution is 2.21. The Morgan fingerprint density at radius 1 is 1.44 bits per heavy atom. The minimum Gasteiger partial charge on any atom is -0.330 e. The molecule has 0 radical (unpaired) electrons. The van der Waals surface area contributed by atoms with Crippen LogP contribution >= 0.6 is 11.6 Å². The summed E-state index contributed by atoms with van der Waals surface area (Å²) in [6, 6.07) is 7.49. The van der Waals surface area contributed by atoms with Crippen LogP contribution in [0, 0.1) is 16.7 Å². The van der Waals surface area contributed by atoms with Crippen molar-refractivity contribution in [3.8, 4) is 6.07 Å². The normalized spacial score (nSPS) is 11.6. The lowest BCUT2D eigenvalue weighted by Gasteiger charge is -2.29. The smallest absolute Gasteiger partial charge is 0.0992 e. The van der Waals surface area contributed by atoms with Crippen molar-refractivity contribution >= 4 is 11.6 Å². The Hall–Kier alpha value is -1.08. The van der Waals surface area contributed by atoms with Gasteiger partial charge in [0.25, 0.3) is 0 Å². The minimum atomic E-state index is 0.0911. The fourth-order valence-electron chi connectivity index (χ4n) is 1.89. The highest BCUT2D eigenvalue weighted by Gasteiger charge is 2.18. The highest BCUT2D eigenvalue weighted by molar-refractivity contribution is 6.31. The highest BCUT2D eigenvalue weighted by atomic mass is 35.5. The van der Waals surface area contributed by atoms with E-state index in [4.69, 9.17) is 22.6 Å². The molecule has 1 rings (SSSR count). The average Bonchev–Trinajstić information content (AvgIpc) is 2.31. The molecule has 0 saturated carbocycles. The summed E-state index contributed by atoms with van der Waals surface area (Å²) < 4.78 is 0. The minimum absolute atomic E-state index is 0.0911. The molecule has 0 bridgehead atoms. The van der Waals surface area contributed by atoms with E-state index in [9.17, 15) is 0 Å². The lowest BCUT2D eigenvalue weighted by molar-refractivity contribution is 0.210. The topological polar surface area (TPSA) is 53.0 Å².